The summed E-state index contributed by atoms with van der Waals surface area (Å²) in [6.45, 7) is 1.59. The van der Waals surface area contributed by atoms with Gasteiger partial charge in [-0.15, -0.1) is 0 Å². The summed E-state index contributed by atoms with van der Waals surface area (Å²) in [6, 6.07) is 9.46. The molecule has 2 aromatic rings. The molecule has 0 fully saturated rings. The smallest absolute Gasteiger partial charge is 0.287 e. The summed E-state index contributed by atoms with van der Waals surface area (Å²) in [5.41, 5.74) is 0.545. The summed E-state index contributed by atoms with van der Waals surface area (Å²) in [7, 11) is 1.52. The van der Waals surface area contributed by atoms with Crippen LogP contribution in [0.2, 0.25) is 0 Å². The van der Waals surface area contributed by atoms with Crippen LogP contribution in [0.5, 0.6) is 5.75 Å². The van der Waals surface area contributed by atoms with Gasteiger partial charge in [0.15, 0.2) is 5.76 Å². The highest BCUT2D eigenvalue weighted by molar-refractivity contribution is 6.00. The molecule has 0 spiro atoms. The van der Waals surface area contributed by atoms with Gasteiger partial charge >= 0.3 is 0 Å². The van der Waals surface area contributed by atoms with Crippen LogP contribution >= 0.6 is 0 Å². The minimum absolute atomic E-state index is 0.159. The second-order valence-electron chi connectivity index (χ2n) is 4.36. The van der Waals surface area contributed by atoms with Crippen molar-refractivity contribution in [1.29, 1.82) is 0 Å². The van der Waals surface area contributed by atoms with Crippen LogP contribution in [0.4, 0.5) is 5.69 Å². The first-order chi connectivity index (χ1) is 10.1. The first kappa shape index (κ1) is 14.6. The molecular weight excluding hydrogens is 272 g/mol. The van der Waals surface area contributed by atoms with Crippen molar-refractivity contribution < 1.29 is 18.7 Å². The number of ether oxygens (including phenoxy) is 1. The Balaban J connectivity index is 1.98. The van der Waals surface area contributed by atoms with Crippen molar-refractivity contribution in [2.75, 3.05) is 12.4 Å². The van der Waals surface area contributed by atoms with Gasteiger partial charge in [-0.05, 0) is 31.2 Å². The molecule has 21 heavy (non-hydrogen) atoms. The van der Waals surface area contributed by atoms with Crippen LogP contribution in [0.15, 0.2) is 47.1 Å². The van der Waals surface area contributed by atoms with Gasteiger partial charge in [0.2, 0.25) is 5.91 Å². The number of para-hydroxylation sites is 2. The average molecular weight is 288 g/mol. The number of rotatable bonds is 5. The Kier molecular flexibility index (Phi) is 4.61. The van der Waals surface area contributed by atoms with E-state index in [2.05, 4.69) is 10.6 Å². The molecule has 0 saturated carbocycles. The molecule has 0 unspecified atom stereocenters. The number of anilines is 1. The van der Waals surface area contributed by atoms with Gasteiger partial charge in [0.1, 0.15) is 11.8 Å². The van der Waals surface area contributed by atoms with E-state index in [1.54, 1.807) is 37.3 Å². The number of methoxy groups -OCH3 is 1. The molecule has 1 aromatic carbocycles. The normalized spacial score (nSPS) is 11.5. The maximum absolute atomic E-state index is 12.1. The van der Waals surface area contributed by atoms with Gasteiger partial charge in [0.05, 0.1) is 19.1 Å². The lowest BCUT2D eigenvalue weighted by Gasteiger charge is -2.15. The molecule has 0 aliphatic heterocycles. The predicted octanol–water partition coefficient (Wildman–Crippen LogP) is 2.05. The Hall–Kier alpha value is -2.76. The van der Waals surface area contributed by atoms with Crippen molar-refractivity contribution in [3.63, 3.8) is 0 Å². The Bertz CT molecular complexity index is 622. The molecule has 6 heteroatoms. The van der Waals surface area contributed by atoms with Gasteiger partial charge in [0.25, 0.3) is 5.91 Å². The standard InChI is InChI=1S/C15H16N2O4/c1-10(16-15(19)13-8-5-9-21-13)14(18)17-11-6-3-4-7-12(11)20-2/h3-10H,1-2H3,(H,16,19)(H,17,18)/t10-/m1/s1. The van der Waals surface area contributed by atoms with Crippen molar-refractivity contribution in [3.05, 3.63) is 48.4 Å². The Morgan fingerprint density at radius 3 is 2.62 bits per heavy atom. The van der Waals surface area contributed by atoms with Crippen LogP contribution in [-0.4, -0.2) is 25.0 Å². The minimum atomic E-state index is -0.715. The molecule has 2 N–H and O–H groups in total. The summed E-state index contributed by atoms with van der Waals surface area (Å²) in [5.74, 6) is -0.0792. The molecule has 0 bridgehead atoms. The molecule has 0 aliphatic carbocycles. The Morgan fingerprint density at radius 2 is 1.95 bits per heavy atom. The molecule has 0 saturated heterocycles. The molecule has 6 nitrogen and oxygen atoms in total. The van der Waals surface area contributed by atoms with Crippen LogP contribution in [0.25, 0.3) is 0 Å². The predicted molar refractivity (Wildman–Crippen MR) is 77.3 cm³/mol. The van der Waals surface area contributed by atoms with Crippen LogP contribution in [-0.2, 0) is 4.79 Å². The number of benzene rings is 1. The van der Waals surface area contributed by atoms with Crippen molar-refractivity contribution in [3.8, 4) is 5.75 Å². The van der Waals surface area contributed by atoms with E-state index in [4.69, 9.17) is 9.15 Å². The highest BCUT2D eigenvalue weighted by Gasteiger charge is 2.19. The zero-order valence-corrected chi connectivity index (χ0v) is 11.8. The average Bonchev–Trinajstić information content (AvgIpc) is 3.02. The molecular formula is C15H16N2O4. The molecule has 110 valence electrons. The van der Waals surface area contributed by atoms with E-state index < -0.39 is 11.9 Å². The number of furan rings is 1. The number of nitrogens with one attached hydrogen (secondary N) is 2. The third-order valence-electron chi connectivity index (χ3n) is 2.85. The van der Waals surface area contributed by atoms with Gasteiger partial charge in [-0.3, -0.25) is 9.59 Å². The quantitative estimate of drug-likeness (QED) is 0.882. The fraction of sp³-hybridized carbons (Fsp3) is 0.200. The van der Waals surface area contributed by atoms with Crippen LogP contribution < -0.4 is 15.4 Å². The SMILES string of the molecule is COc1ccccc1NC(=O)[C@@H](C)NC(=O)c1ccco1. The number of hydrogen-bond acceptors (Lipinski definition) is 4. The van der Waals surface area contributed by atoms with Gasteiger partial charge in [-0.2, -0.15) is 0 Å². The number of amides is 2. The summed E-state index contributed by atoms with van der Waals surface area (Å²) >= 11 is 0. The second kappa shape index (κ2) is 6.60. The van der Waals surface area contributed by atoms with Crippen molar-refractivity contribution >= 4 is 17.5 Å². The topological polar surface area (TPSA) is 80.6 Å². The van der Waals surface area contributed by atoms with E-state index in [1.807, 2.05) is 0 Å². The largest absolute Gasteiger partial charge is 0.495 e. The number of carbonyl (C=O) groups excluding carboxylic acids is 2. The maximum Gasteiger partial charge on any atom is 0.287 e. The minimum Gasteiger partial charge on any atom is -0.495 e. The lowest BCUT2D eigenvalue weighted by atomic mass is 10.2. The summed E-state index contributed by atoms with van der Waals surface area (Å²) in [5, 5.41) is 5.26. The lowest BCUT2D eigenvalue weighted by molar-refractivity contribution is -0.117. The van der Waals surface area contributed by atoms with Crippen LogP contribution in [0.3, 0.4) is 0 Å². The molecule has 0 aliphatic rings. The van der Waals surface area contributed by atoms with E-state index >= 15 is 0 Å². The molecule has 1 heterocycles. The summed E-state index contributed by atoms with van der Waals surface area (Å²) < 4.78 is 10.1. The second-order valence-corrected chi connectivity index (χ2v) is 4.36. The first-order valence-electron chi connectivity index (χ1n) is 6.40. The fourth-order valence-electron chi connectivity index (χ4n) is 1.73. The van der Waals surface area contributed by atoms with Crippen LogP contribution in [0.1, 0.15) is 17.5 Å². The van der Waals surface area contributed by atoms with E-state index in [0.717, 1.165) is 0 Å². The van der Waals surface area contributed by atoms with E-state index in [9.17, 15) is 9.59 Å². The summed E-state index contributed by atoms with van der Waals surface area (Å²) in [4.78, 5) is 23.9. The molecule has 1 aromatic heterocycles. The van der Waals surface area contributed by atoms with E-state index in [1.165, 1.54) is 19.4 Å². The van der Waals surface area contributed by atoms with Gasteiger partial charge < -0.3 is 19.8 Å². The molecule has 2 rings (SSSR count). The molecule has 1 atom stereocenters. The first-order valence-corrected chi connectivity index (χ1v) is 6.40. The van der Waals surface area contributed by atoms with E-state index in [0.29, 0.717) is 11.4 Å². The number of carbonyl (C=O) groups is 2. The van der Waals surface area contributed by atoms with Crippen molar-refractivity contribution in [2.24, 2.45) is 0 Å². The highest BCUT2D eigenvalue weighted by atomic mass is 16.5. The summed E-state index contributed by atoms with van der Waals surface area (Å²) in [6.07, 6.45) is 1.40. The zero-order chi connectivity index (χ0) is 15.2. The van der Waals surface area contributed by atoms with E-state index in [-0.39, 0.29) is 11.7 Å². The Labute approximate surface area is 122 Å². The lowest BCUT2D eigenvalue weighted by Crippen LogP contribution is -2.41. The Morgan fingerprint density at radius 1 is 1.19 bits per heavy atom. The maximum atomic E-state index is 12.1. The van der Waals surface area contributed by atoms with Gasteiger partial charge in [0, 0.05) is 0 Å². The molecule has 2 amide bonds. The van der Waals surface area contributed by atoms with Crippen molar-refractivity contribution in [1.82, 2.24) is 5.32 Å². The third-order valence-corrected chi connectivity index (χ3v) is 2.85. The van der Waals surface area contributed by atoms with Gasteiger partial charge in [-0.25, -0.2) is 0 Å². The molecule has 0 radical (unpaired) electrons. The van der Waals surface area contributed by atoms with Gasteiger partial charge in [-0.1, -0.05) is 12.1 Å². The monoisotopic (exact) mass is 288 g/mol. The van der Waals surface area contributed by atoms with Crippen molar-refractivity contribution in [2.45, 2.75) is 13.0 Å². The fourth-order valence-corrected chi connectivity index (χ4v) is 1.73. The third kappa shape index (κ3) is 3.62. The number of hydrogen-bond donors (Lipinski definition) is 2. The highest BCUT2D eigenvalue weighted by Crippen LogP contribution is 2.23. The zero-order valence-electron chi connectivity index (χ0n) is 11.8. The van der Waals surface area contributed by atoms with Crippen LogP contribution in [0, 0.1) is 0 Å².